The van der Waals surface area contributed by atoms with Crippen LogP contribution in [0.2, 0.25) is 0 Å². The molecule has 10 rings (SSSR count). The standard InChI is InChI=1S/C52H35NO/c1-4-13-36(14-5-1)39-23-27-43(28-24-39)53(44-29-25-38-17-10-11-20-41(38)33-44)45-30-32-50-49(35-45)47-22-12-21-46(40-18-8-3-9-19-40)52(47)48-31-26-42(34-51(48)54-50)37-15-6-2-7-16-37/h1-35H. The summed E-state index contributed by atoms with van der Waals surface area (Å²) in [5.41, 5.74) is 14.6. The highest BCUT2D eigenvalue weighted by molar-refractivity contribution is 6.00. The van der Waals surface area contributed by atoms with E-state index in [4.69, 9.17) is 4.74 Å². The molecule has 1 heterocycles. The van der Waals surface area contributed by atoms with Crippen molar-refractivity contribution >= 4 is 27.8 Å². The van der Waals surface area contributed by atoms with E-state index < -0.39 is 0 Å². The van der Waals surface area contributed by atoms with Crippen molar-refractivity contribution in [2.45, 2.75) is 0 Å². The molecule has 0 spiro atoms. The van der Waals surface area contributed by atoms with Gasteiger partial charge in [0.25, 0.3) is 0 Å². The maximum atomic E-state index is 6.99. The number of rotatable bonds is 6. The molecular formula is C52H35NO. The number of hydrogen-bond donors (Lipinski definition) is 0. The monoisotopic (exact) mass is 689 g/mol. The lowest BCUT2D eigenvalue weighted by Crippen LogP contribution is -2.10. The van der Waals surface area contributed by atoms with Crippen LogP contribution in [0, 0.1) is 0 Å². The van der Waals surface area contributed by atoms with Gasteiger partial charge < -0.3 is 9.64 Å². The van der Waals surface area contributed by atoms with Crippen LogP contribution in [0.5, 0.6) is 11.5 Å². The van der Waals surface area contributed by atoms with Gasteiger partial charge in [0, 0.05) is 33.8 Å². The number of hydrogen-bond acceptors (Lipinski definition) is 2. The predicted molar refractivity (Wildman–Crippen MR) is 226 cm³/mol. The molecule has 0 saturated heterocycles. The molecule has 0 radical (unpaired) electrons. The Kier molecular flexibility index (Phi) is 7.85. The van der Waals surface area contributed by atoms with Crippen molar-refractivity contribution in [3.05, 3.63) is 212 Å². The van der Waals surface area contributed by atoms with Gasteiger partial charge >= 0.3 is 0 Å². The van der Waals surface area contributed by atoms with Gasteiger partial charge in [-0.05, 0) is 104 Å². The van der Waals surface area contributed by atoms with Crippen molar-refractivity contribution < 1.29 is 4.74 Å². The van der Waals surface area contributed by atoms with E-state index in [1.165, 1.54) is 38.6 Å². The first-order valence-electron chi connectivity index (χ1n) is 18.4. The summed E-state index contributed by atoms with van der Waals surface area (Å²) in [6, 6.07) is 75.8. The topological polar surface area (TPSA) is 12.5 Å². The molecule has 0 saturated carbocycles. The Morgan fingerprint density at radius 3 is 1.57 bits per heavy atom. The minimum Gasteiger partial charge on any atom is -0.456 e. The zero-order valence-electron chi connectivity index (χ0n) is 29.6. The Hall–Kier alpha value is -7.16. The summed E-state index contributed by atoms with van der Waals surface area (Å²) >= 11 is 0. The minimum absolute atomic E-state index is 0.826. The van der Waals surface area contributed by atoms with Gasteiger partial charge in [-0.1, -0.05) is 158 Å². The maximum absolute atomic E-state index is 6.99. The summed E-state index contributed by atoms with van der Waals surface area (Å²) in [6.07, 6.45) is 0. The van der Waals surface area contributed by atoms with Gasteiger partial charge in [0.15, 0.2) is 0 Å². The summed E-state index contributed by atoms with van der Waals surface area (Å²) in [4.78, 5) is 2.35. The van der Waals surface area contributed by atoms with E-state index in [-0.39, 0.29) is 0 Å². The van der Waals surface area contributed by atoms with Crippen LogP contribution in [0.1, 0.15) is 0 Å². The molecule has 54 heavy (non-hydrogen) atoms. The Balaban J connectivity index is 1.17. The molecule has 0 fully saturated rings. The second kappa shape index (κ2) is 13.4. The van der Waals surface area contributed by atoms with Crippen molar-refractivity contribution in [3.8, 4) is 67.1 Å². The number of benzene rings is 9. The van der Waals surface area contributed by atoms with Crippen LogP contribution in [0.15, 0.2) is 212 Å². The van der Waals surface area contributed by atoms with Crippen molar-refractivity contribution in [1.82, 2.24) is 0 Å². The van der Waals surface area contributed by atoms with Gasteiger partial charge in [-0.3, -0.25) is 0 Å². The van der Waals surface area contributed by atoms with Crippen LogP contribution in [-0.4, -0.2) is 0 Å². The van der Waals surface area contributed by atoms with Crippen LogP contribution >= 0.6 is 0 Å². The molecule has 2 heteroatoms. The van der Waals surface area contributed by atoms with Crippen molar-refractivity contribution in [3.63, 3.8) is 0 Å². The largest absolute Gasteiger partial charge is 0.456 e. The van der Waals surface area contributed by atoms with Gasteiger partial charge in [-0.25, -0.2) is 0 Å². The van der Waals surface area contributed by atoms with Crippen LogP contribution in [0.4, 0.5) is 17.1 Å². The Bertz CT molecular complexity index is 2770. The fourth-order valence-corrected chi connectivity index (χ4v) is 7.82. The summed E-state index contributed by atoms with van der Waals surface area (Å²) in [5.74, 6) is 1.67. The zero-order valence-corrected chi connectivity index (χ0v) is 29.6. The number of nitrogens with zero attached hydrogens (tertiary/aromatic N) is 1. The molecule has 1 aliphatic heterocycles. The zero-order chi connectivity index (χ0) is 35.8. The summed E-state index contributed by atoms with van der Waals surface area (Å²) < 4.78 is 6.99. The van der Waals surface area contributed by atoms with Crippen LogP contribution in [-0.2, 0) is 0 Å². The van der Waals surface area contributed by atoms with Crippen LogP contribution in [0.3, 0.4) is 0 Å². The van der Waals surface area contributed by atoms with E-state index >= 15 is 0 Å². The van der Waals surface area contributed by atoms with Crippen LogP contribution in [0.25, 0.3) is 66.4 Å². The highest BCUT2D eigenvalue weighted by atomic mass is 16.5. The first-order valence-corrected chi connectivity index (χ1v) is 18.4. The Morgan fingerprint density at radius 2 is 0.833 bits per heavy atom. The lowest BCUT2D eigenvalue weighted by molar-refractivity contribution is 0.488. The predicted octanol–water partition coefficient (Wildman–Crippen LogP) is 14.8. The highest BCUT2D eigenvalue weighted by Crippen LogP contribution is 2.52. The molecule has 0 unspecified atom stereocenters. The summed E-state index contributed by atoms with van der Waals surface area (Å²) in [7, 11) is 0. The molecule has 1 aliphatic rings. The summed E-state index contributed by atoms with van der Waals surface area (Å²) in [6.45, 7) is 0. The van der Waals surface area contributed by atoms with Gasteiger partial charge in [0.2, 0.25) is 0 Å². The molecule has 2 nitrogen and oxygen atoms in total. The van der Waals surface area contributed by atoms with Gasteiger partial charge in [0.1, 0.15) is 11.5 Å². The number of ether oxygens (including phenoxy) is 1. The quantitative estimate of drug-likeness (QED) is 0.172. The second-order valence-corrected chi connectivity index (χ2v) is 13.7. The first-order chi connectivity index (χ1) is 26.8. The third kappa shape index (κ3) is 5.71. The number of fused-ring (bicyclic) bond motifs is 6. The van der Waals surface area contributed by atoms with Gasteiger partial charge in [-0.15, -0.1) is 0 Å². The average Bonchev–Trinajstić information content (AvgIpc) is 3.39. The first kappa shape index (κ1) is 31.6. The highest BCUT2D eigenvalue weighted by Gasteiger charge is 2.26. The van der Waals surface area contributed by atoms with Crippen molar-refractivity contribution in [2.24, 2.45) is 0 Å². The van der Waals surface area contributed by atoms with Crippen molar-refractivity contribution in [1.29, 1.82) is 0 Å². The van der Waals surface area contributed by atoms with E-state index in [2.05, 4.69) is 217 Å². The molecule has 0 N–H and O–H groups in total. The average molecular weight is 690 g/mol. The molecule has 0 bridgehead atoms. The van der Waals surface area contributed by atoms with E-state index in [9.17, 15) is 0 Å². The van der Waals surface area contributed by atoms with E-state index in [1.807, 2.05) is 0 Å². The third-order valence-corrected chi connectivity index (χ3v) is 10.5. The molecular weight excluding hydrogens is 655 g/mol. The third-order valence-electron chi connectivity index (χ3n) is 10.5. The summed E-state index contributed by atoms with van der Waals surface area (Å²) in [5, 5.41) is 2.41. The minimum atomic E-state index is 0.826. The van der Waals surface area contributed by atoms with E-state index in [0.717, 1.165) is 56.4 Å². The fourth-order valence-electron chi connectivity index (χ4n) is 7.82. The lowest BCUT2D eigenvalue weighted by Gasteiger charge is -2.27. The van der Waals surface area contributed by atoms with Gasteiger partial charge in [-0.2, -0.15) is 0 Å². The molecule has 254 valence electrons. The van der Waals surface area contributed by atoms with Gasteiger partial charge in [0.05, 0.1) is 0 Å². The molecule has 0 atom stereocenters. The maximum Gasteiger partial charge on any atom is 0.135 e. The second-order valence-electron chi connectivity index (χ2n) is 13.7. The molecule has 0 aliphatic carbocycles. The SMILES string of the molecule is c1ccc(-c2ccc(N(c3ccc4c(c3)-c3cccc(-c5ccccc5)c3-c3ccc(-c5ccccc5)cc3O4)c3ccc4ccccc4c3)cc2)cc1. The van der Waals surface area contributed by atoms with E-state index in [0.29, 0.717) is 0 Å². The Labute approximate surface area is 315 Å². The normalized spacial score (nSPS) is 11.5. The molecule has 0 amide bonds. The lowest BCUT2D eigenvalue weighted by atomic mass is 9.87. The van der Waals surface area contributed by atoms with Crippen LogP contribution < -0.4 is 9.64 Å². The smallest absolute Gasteiger partial charge is 0.135 e. The Morgan fingerprint density at radius 1 is 0.278 bits per heavy atom. The molecule has 0 aromatic heterocycles. The molecule has 9 aromatic rings. The fraction of sp³-hybridized carbons (Fsp3) is 0. The molecule has 9 aromatic carbocycles. The number of anilines is 3. The van der Waals surface area contributed by atoms with E-state index in [1.54, 1.807) is 0 Å². The van der Waals surface area contributed by atoms with Crippen molar-refractivity contribution in [2.75, 3.05) is 4.90 Å².